The van der Waals surface area contributed by atoms with Gasteiger partial charge in [-0.1, -0.05) is 71.9 Å². The number of benzene rings is 3. The number of imidazole rings is 1. The summed E-state index contributed by atoms with van der Waals surface area (Å²) >= 11 is 8.15. The maximum absolute atomic E-state index is 14.6. The molecule has 1 atom stereocenters. The molecule has 1 N–H and O–H groups in total. The van der Waals surface area contributed by atoms with Gasteiger partial charge in [-0.05, 0) is 28.8 Å². The van der Waals surface area contributed by atoms with E-state index < -0.39 is 0 Å². The van der Waals surface area contributed by atoms with E-state index in [1.807, 2.05) is 17.8 Å². The number of nitrogens with one attached hydrogen (secondary N) is 1. The third-order valence-corrected chi connectivity index (χ3v) is 7.14. The highest BCUT2D eigenvalue weighted by atomic mass is 35.5. The van der Waals surface area contributed by atoms with E-state index in [2.05, 4.69) is 41.4 Å². The topological polar surface area (TPSA) is 28.7 Å². The summed E-state index contributed by atoms with van der Waals surface area (Å²) in [6.07, 6.45) is 7.50. The van der Waals surface area contributed by atoms with Gasteiger partial charge in [0.05, 0.1) is 21.6 Å². The molecule has 1 unspecified atom stereocenters. The van der Waals surface area contributed by atoms with Crippen LogP contribution in [-0.2, 0) is 0 Å². The molecule has 2 heterocycles. The van der Waals surface area contributed by atoms with E-state index in [0.717, 1.165) is 22.8 Å². The minimum Gasteiger partial charge on any atom is -0.338 e. The summed E-state index contributed by atoms with van der Waals surface area (Å²) in [7, 11) is 0. The van der Waals surface area contributed by atoms with Crippen LogP contribution in [0.15, 0.2) is 70.5 Å². The maximum atomic E-state index is 14.6. The molecule has 4 aromatic rings. The van der Waals surface area contributed by atoms with E-state index in [0.29, 0.717) is 22.3 Å². The summed E-state index contributed by atoms with van der Waals surface area (Å²) in [4.78, 5) is 10.9. The molecule has 2 nitrogen and oxygen atoms in total. The van der Waals surface area contributed by atoms with Crippen LogP contribution in [0.25, 0.3) is 33.2 Å². The fourth-order valence-corrected chi connectivity index (χ4v) is 5.92. The number of fused-ring (bicyclic) bond motifs is 8. The second-order valence-electron chi connectivity index (χ2n) is 7.08. The van der Waals surface area contributed by atoms with Crippen LogP contribution in [-0.4, -0.2) is 9.97 Å². The second kappa shape index (κ2) is 5.97. The van der Waals surface area contributed by atoms with Gasteiger partial charge in [0, 0.05) is 21.8 Å². The lowest BCUT2D eigenvalue weighted by Gasteiger charge is -2.14. The van der Waals surface area contributed by atoms with Gasteiger partial charge in [0.25, 0.3) is 0 Å². The fraction of sp³-hybridized carbons (Fsp3) is 0.0870. The number of halogens is 2. The first-order chi connectivity index (χ1) is 13.7. The van der Waals surface area contributed by atoms with Crippen molar-refractivity contribution in [2.75, 3.05) is 0 Å². The highest BCUT2D eigenvalue weighted by molar-refractivity contribution is 8.03. The van der Waals surface area contributed by atoms with E-state index in [1.165, 1.54) is 26.8 Å². The number of hydrogen-bond acceptors (Lipinski definition) is 2. The van der Waals surface area contributed by atoms with Gasteiger partial charge < -0.3 is 4.98 Å². The van der Waals surface area contributed by atoms with Crippen molar-refractivity contribution >= 4 is 45.2 Å². The first kappa shape index (κ1) is 16.4. The van der Waals surface area contributed by atoms with E-state index in [-0.39, 0.29) is 5.82 Å². The van der Waals surface area contributed by atoms with Gasteiger partial charge >= 0.3 is 0 Å². The molecule has 136 valence electrons. The number of hydrogen-bond donors (Lipinski definition) is 1. The Balaban J connectivity index is 1.73. The van der Waals surface area contributed by atoms with Gasteiger partial charge in [-0.15, -0.1) is 0 Å². The zero-order valence-corrected chi connectivity index (χ0v) is 16.2. The van der Waals surface area contributed by atoms with E-state index in [4.69, 9.17) is 16.6 Å². The molecule has 28 heavy (non-hydrogen) atoms. The van der Waals surface area contributed by atoms with Crippen molar-refractivity contribution in [1.82, 2.24) is 9.97 Å². The maximum Gasteiger partial charge on any atom is 0.143 e. The Morgan fingerprint density at radius 3 is 2.82 bits per heavy atom. The molecule has 0 amide bonds. The smallest absolute Gasteiger partial charge is 0.143 e. The third-order valence-electron chi connectivity index (χ3n) is 5.52. The van der Waals surface area contributed by atoms with Crippen molar-refractivity contribution in [2.24, 2.45) is 0 Å². The van der Waals surface area contributed by atoms with Crippen molar-refractivity contribution in [3.63, 3.8) is 0 Å². The van der Waals surface area contributed by atoms with Crippen LogP contribution in [0.3, 0.4) is 0 Å². The molecule has 1 aromatic heterocycles. The normalized spacial score (nSPS) is 17.8. The SMILES string of the molecule is Fc1cccc(Cl)c1-c1nc2c([nH]1)c1c(c3ccccc32)SC2=CC=CCC21. The van der Waals surface area contributed by atoms with Crippen molar-refractivity contribution < 1.29 is 4.39 Å². The number of thioether (sulfide) groups is 1. The third kappa shape index (κ3) is 2.19. The monoisotopic (exact) mass is 404 g/mol. The Hall–Kier alpha value is -2.56. The van der Waals surface area contributed by atoms with Gasteiger partial charge in [0.15, 0.2) is 0 Å². The number of allylic oxidation sites excluding steroid dienone is 4. The quantitative estimate of drug-likeness (QED) is 0.363. The van der Waals surface area contributed by atoms with Gasteiger partial charge in [-0.25, -0.2) is 9.37 Å². The molecule has 0 saturated heterocycles. The number of aromatic amines is 1. The van der Waals surface area contributed by atoms with E-state index in [1.54, 1.807) is 12.1 Å². The molecule has 1 aliphatic carbocycles. The lowest BCUT2D eigenvalue weighted by atomic mass is 9.90. The van der Waals surface area contributed by atoms with Crippen molar-refractivity contribution in [3.05, 3.63) is 82.0 Å². The average molecular weight is 405 g/mol. The highest BCUT2D eigenvalue weighted by Crippen LogP contribution is 2.56. The summed E-state index contributed by atoms with van der Waals surface area (Å²) in [5, 5.41) is 2.63. The van der Waals surface area contributed by atoms with Crippen LogP contribution in [0.2, 0.25) is 5.02 Å². The second-order valence-corrected chi connectivity index (χ2v) is 8.57. The molecular formula is C23H14ClFN2S. The molecule has 1 aliphatic heterocycles. The Labute approximate surface area is 170 Å². The molecule has 6 rings (SSSR count). The lowest BCUT2D eigenvalue weighted by molar-refractivity contribution is 0.630. The van der Waals surface area contributed by atoms with Crippen LogP contribution in [0, 0.1) is 5.82 Å². The number of aromatic nitrogens is 2. The molecule has 3 aromatic carbocycles. The lowest BCUT2D eigenvalue weighted by Crippen LogP contribution is -1.98. The molecule has 2 aliphatic rings. The first-order valence-corrected chi connectivity index (χ1v) is 10.3. The predicted octanol–water partition coefficient (Wildman–Crippen LogP) is 7.21. The zero-order chi connectivity index (χ0) is 18.8. The van der Waals surface area contributed by atoms with Gasteiger partial charge in [-0.3, -0.25) is 0 Å². The first-order valence-electron chi connectivity index (χ1n) is 9.15. The Kier molecular flexibility index (Phi) is 3.49. The highest BCUT2D eigenvalue weighted by Gasteiger charge is 2.33. The zero-order valence-electron chi connectivity index (χ0n) is 14.7. The van der Waals surface area contributed by atoms with Crippen LogP contribution < -0.4 is 0 Å². The molecule has 0 saturated carbocycles. The standard InChI is InChI=1S/C23H14ClFN2S/c24-15-9-5-10-16(25)19(15)23-26-20-12-6-1-2-7-13(12)22-18(21(20)27-23)14-8-3-4-11-17(14)28-22/h1-7,9-11,14H,8H2,(H,26,27). The van der Waals surface area contributed by atoms with Crippen molar-refractivity contribution in [2.45, 2.75) is 17.2 Å². The van der Waals surface area contributed by atoms with Crippen LogP contribution in [0.1, 0.15) is 17.9 Å². The Morgan fingerprint density at radius 2 is 1.96 bits per heavy atom. The molecule has 0 radical (unpaired) electrons. The van der Waals surface area contributed by atoms with E-state index in [9.17, 15) is 4.39 Å². The Morgan fingerprint density at radius 1 is 1.11 bits per heavy atom. The minimum absolute atomic E-state index is 0.321. The van der Waals surface area contributed by atoms with Crippen LogP contribution >= 0.6 is 23.4 Å². The number of rotatable bonds is 1. The predicted molar refractivity (Wildman–Crippen MR) is 114 cm³/mol. The summed E-state index contributed by atoms with van der Waals surface area (Å²) in [6.45, 7) is 0. The Bertz CT molecular complexity index is 1330. The summed E-state index contributed by atoms with van der Waals surface area (Å²) in [6, 6.07) is 13.0. The van der Waals surface area contributed by atoms with Gasteiger partial charge in [-0.2, -0.15) is 0 Å². The molecule has 5 heteroatoms. The summed E-state index contributed by atoms with van der Waals surface area (Å²) in [5.41, 5.74) is 3.45. The van der Waals surface area contributed by atoms with E-state index >= 15 is 0 Å². The molecular weight excluding hydrogens is 391 g/mol. The number of H-pyrrole nitrogens is 1. The summed E-state index contributed by atoms with van der Waals surface area (Å²) in [5.74, 6) is 0.426. The molecule has 0 spiro atoms. The van der Waals surface area contributed by atoms with Crippen LogP contribution in [0.5, 0.6) is 0 Å². The van der Waals surface area contributed by atoms with Crippen molar-refractivity contribution in [3.8, 4) is 11.4 Å². The summed E-state index contributed by atoms with van der Waals surface area (Å²) < 4.78 is 14.6. The average Bonchev–Trinajstić information content (AvgIpc) is 3.30. The molecule has 0 bridgehead atoms. The fourth-order valence-electron chi connectivity index (χ4n) is 4.29. The largest absolute Gasteiger partial charge is 0.338 e. The van der Waals surface area contributed by atoms with Crippen LogP contribution in [0.4, 0.5) is 4.39 Å². The minimum atomic E-state index is -0.372. The van der Waals surface area contributed by atoms with Gasteiger partial charge in [0.1, 0.15) is 11.6 Å². The number of nitrogens with zero attached hydrogens (tertiary/aromatic N) is 1. The molecule has 0 fully saturated rings. The van der Waals surface area contributed by atoms with Crippen molar-refractivity contribution in [1.29, 1.82) is 0 Å². The van der Waals surface area contributed by atoms with Gasteiger partial charge in [0.2, 0.25) is 0 Å².